The van der Waals surface area contributed by atoms with Gasteiger partial charge in [-0.15, -0.1) is 11.3 Å². The first kappa shape index (κ1) is 11.1. The fraction of sp³-hybridized carbons (Fsp3) is 0.333. The van der Waals surface area contributed by atoms with E-state index < -0.39 is 0 Å². The second-order valence-electron chi connectivity index (χ2n) is 4.01. The molecule has 0 bridgehead atoms. The molecule has 2 amide bonds. The maximum absolute atomic E-state index is 11.7. The molecule has 1 aromatic rings. The number of carbonyl (C=O) groups is 2. The van der Waals surface area contributed by atoms with E-state index in [0.717, 1.165) is 4.88 Å². The summed E-state index contributed by atoms with van der Waals surface area (Å²) in [5.41, 5.74) is 1.73. The van der Waals surface area contributed by atoms with Crippen LogP contribution in [-0.4, -0.2) is 16.7 Å². The number of rotatable bonds is 2. The molecule has 0 radical (unpaired) electrons. The van der Waals surface area contributed by atoms with Crippen LogP contribution in [0.2, 0.25) is 0 Å². The van der Waals surface area contributed by atoms with Crippen molar-refractivity contribution in [1.29, 1.82) is 0 Å². The van der Waals surface area contributed by atoms with E-state index in [0.29, 0.717) is 12.1 Å². The topological polar surface area (TPSA) is 37.4 Å². The fourth-order valence-corrected chi connectivity index (χ4v) is 2.71. The van der Waals surface area contributed by atoms with Crippen molar-refractivity contribution in [2.75, 3.05) is 0 Å². The van der Waals surface area contributed by atoms with Crippen molar-refractivity contribution in [1.82, 2.24) is 4.90 Å². The molecule has 0 saturated heterocycles. The molecule has 2 rings (SSSR count). The van der Waals surface area contributed by atoms with Gasteiger partial charge in [-0.25, -0.2) is 0 Å². The lowest BCUT2D eigenvalue weighted by Crippen LogP contribution is -2.29. The van der Waals surface area contributed by atoms with Crippen molar-refractivity contribution in [2.24, 2.45) is 0 Å². The smallest absolute Gasteiger partial charge is 0.256 e. The van der Waals surface area contributed by atoms with E-state index in [1.54, 1.807) is 18.3 Å². The lowest BCUT2D eigenvalue weighted by molar-refractivity contribution is -0.137. The SMILES string of the molecule is CC1=CC(=O)N(Cc2cc(C)c(C)s2)C1=O. The van der Waals surface area contributed by atoms with E-state index in [-0.39, 0.29) is 11.8 Å². The van der Waals surface area contributed by atoms with Crippen LogP contribution in [0, 0.1) is 13.8 Å². The normalized spacial score (nSPS) is 15.9. The van der Waals surface area contributed by atoms with E-state index in [9.17, 15) is 9.59 Å². The highest BCUT2D eigenvalue weighted by Gasteiger charge is 2.28. The lowest BCUT2D eigenvalue weighted by atomic mass is 10.3. The van der Waals surface area contributed by atoms with Crippen LogP contribution in [-0.2, 0) is 16.1 Å². The Labute approximate surface area is 98.4 Å². The summed E-state index contributed by atoms with van der Waals surface area (Å²) in [7, 11) is 0. The Morgan fingerprint density at radius 1 is 1.25 bits per heavy atom. The Morgan fingerprint density at radius 3 is 2.38 bits per heavy atom. The second-order valence-corrected chi connectivity index (χ2v) is 5.35. The average Bonchev–Trinajstić information content (AvgIpc) is 2.63. The molecular formula is C12H13NO2S. The molecular weight excluding hydrogens is 222 g/mol. The maximum Gasteiger partial charge on any atom is 0.256 e. The van der Waals surface area contributed by atoms with E-state index in [1.807, 2.05) is 19.9 Å². The molecule has 4 heteroatoms. The quantitative estimate of drug-likeness (QED) is 0.737. The third kappa shape index (κ3) is 1.80. The number of nitrogens with zero attached hydrogens (tertiary/aromatic N) is 1. The van der Waals surface area contributed by atoms with Crippen molar-refractivity contribution in [3.8, 4) is 0 Å². The predicted molar refractivity (Wildman–Crippen MR) is 63.1 cm³/mol. The third-order valence-electron chi connectivity index (χ3n) is 2.72. The second kappa shape index (κ2) is 3.87. The zero-order valence-corrected chi connectivity index (χ0v) is 10.4. The van der Waals surface area contributed by atoms with Gasteiger partial charge in [0.25, 0.3) is 11.8 Å². The van der Waals surface area contributed by atoms with Gasteiger partial charge < -0.3 is 0 Å². The van der Waals surface area contributed by atoms with Gasteiger partial charge in [0.2, 0.25) is 0 Å². The molecule has 1 aliphatic heterocycles. The Bertz CT molecular complexity index is 480. The molecule has 0 N–H and O–H groups in total. The van der Waals surface area contributed by atoms with Crippen LogP contribution in [0.3, 0.4) is 0 Å². The van der Waals surface area contributed by atoms with Crippen LogP contribution in [0.4, 0.5) is 0 Å². The largest absolute Gasteiger partial charge is 0.270 e. The van der Waals surface area contributed by atoms with Crippen LogP contribution >= 0.6 is 11.3 Å². The minimum atomic E-state index is -0.203. The zero-order valence-electron chi connectivity index (χ0n) is 9.53. The molecule has 0 unspecified atom stereocenters. The number of aryl methyl sites for hydroxylation is 2. The number of carbonyl (C=O) groups excluding carboxylic acids is 2. The first-order valence-corrected chi connectivity index (χ1v) is 5.90. The van der Waals surface area contributed by atoms with E-state index in [1.165, 1.54) is 21.4 Å². The molecule has 84 valence electrons. The van der Waals surface area contributed by atoms with Gasteiger partial charge in [0.15, 0.2) is 0 Å². The van der Waals surface area contributed by atoms with Crippen molar-refractivity contribution < 1.29 is 9.59 Å². The number of imide groups is 1. The molecule has 1 aliphatic rings. The third-order valence-corrected chi connectivity index (χ3v) is 3.86. The van der Waals surface area contributed by atoms with Gasteiger partial charge in [0.05, 0.1) is 6.54 Å². The first-order chi connectivity index (χ1) is 7.49. The Hall–Kier alpha value is -1.42. The molecule has 0 atom stereocenters. The van der Waals surface area contributed by atoms with Crippen LogP contribution in [0.5, 0.6) is 0 Å². The molecule has 0 spiro atoms. The van der Waals surface area contributed by atoms with Crippen LogP contribution < -0.4 is 0 Å². The molecule has 2 heterocycles. The zero-order chi connectivity index (χ0) is 11.9. The number of hydrogen-bond donors (Lipinski definition) is 0. The van der Waals surface area contributed by atoms with Gasteiger partial charge in [0.1, 0.15) is 0 Å². The highest BCUT2D eigenvalue weighted by Crippen LogP contribution is 2.24. The molecule has 0 aromatic carbocycles. The first-order valence-electron chi connectivity index (χ1n) is 5.09. The maximum atomic E-state index is 11.7. The van der Waals surface area contributed by atoms with Crippen LogP contribution in [0.15, 0.2) is 17.7 Å². The van der Waals surface area contributed by atoms with Gasteiger partial charge in [-0.3, -0.25) is 14.5 Å². The summed E-state index contributed by atoms with van der Waals surface area (Å²) in [5.74, 6) is -0.375. The van der Waals surface area contributed by atoms with E-state index >= 15 is 0 Å². The number of amides is 2. The number of hydrogen-bond acceptors (Lipinski definition) is 3. The van der Waals surface area contributed by atoms with Gasteiger partial charge in [-0.2, -0.15) is 0 Å². The molecule has 3 nitrogen and oxygen atoms in total. The van der Waals surface area contributed by atoms with Gasteiger partial charge in [0, 0.05) is 21.4 Å². The Morgan fingerprint density at radius 2 is 1.94 bits per heavy atom. The van der Waals surface area contributed by atoms with E-state index in [4.69, 9.17) is 0 Å². The molecule has 0 saturated carbocycles. The fourth-order valence-electron chi connectivity index (χ4n) is 1.67. The Balaban J connectivity index is 2.18. The molecule has 16 heavy (non-hydrogen) atoms. The Kier molecular flexibility index (Phi) is 2.68. The molecule has 1 aromatic heterocycles. The van der Waals surface area contributed by atoms with E-state index in [2.05, 4.69) is 0 Å². The predicted octanol–water partition coefficient (Wildman–Crippen LogP) is 2.18. The minimum absolute atomic E-state index is 0.172. The summed E-state index contributed by atoms with van der Waals surface area (Å²) >= 11 is 1.64. The lowest BCUT2D eigenvalue weighted by Gasteiger charge is -2.12. The standard InChI is InChI=1S/C12H13NO2S/c1-7-4-10(16-9(7)3)6-13-11(14)5-8(2)12(13)15/h4-5H,6H2,1-3H3. The van der Waals surface area contributed by atoms with Gasteiger partial charge >= 0.3 is 0 Å². The summed E-state index contributed by atoms with van der Waals surface area (Å²) in [6.07, 6.45) is 1.40. The molecule has 0 aliphatic carbocycles. The van der Waals surface area contributed by atoms with Crippen LogP contribution in [0.1, 0.15) is 22.2 Å². The van der Waals surface area contributed by atoms with Crippen LogP contribution in [0.25, 0.3) is 0 Å². The number of thiophene rings is 1. The highest BCUT2D eigenvalue weighted by molar-refractivity contribution is 7.12. The highest BCUT2D eigenvalue weighted by atomic mass is 32.1. The van der Waals surface area contributed by atoms with Crippen molar-refractivity contribution in [2.45, 2.75) is 27.3 Å². The van der Waals surface area contributed by atoms with Crippen molar-refractivity contribution >= 4 is 23.2 Å². The van der Waals surface area contributed by atoms with Gasteiger partial charge in [-0.1, -0.05) is 0 Å². The van der Waals surface area contributed by atoms with Gasteiger partial charge in [-0.05, 0) is 32.4 Å². The monoisotopic (exact) mass is 235 g/mol. The summed E-state index contributed by atoms with van der Waals surface area (Å²) < 4.78 is 0. The average molecular weight is 235 g/mol. The minimum Gasteiger partial charge on any atom is -0.270 e. The summed E-state index contributed by atoms with van der Waals surface area (Å²) in [6.45, 7) is 6.14. The summed E-state index contributed by atoms with van der Waals surface area (Å²) in [6, 6.07) is 2.04. The summed E-state index contributed by atoms with van der Waals surface area (Å²) in [5, 5.41) is 0. The summed E-state index contributed by atoms with van der Waals surface area (Å²) in [4.78, 5) is 26.8. The van der Waals surface area contributed by atoms with Crippen molar-refractivity contribution in [3.05, 3.63) is 33.0 Å². The van der Waals surface area contributed by atoms with Crippen molar-refractivity contribution in [3.63, 3.8) is 0 Å². The molecule has 0 fully saturated rings.